The minimum absolute atomic E-state index is 0.0712. The minimum Gasteiger partial charge on any atom is -0.496 e. The fourth-order valence-corrected chi connectivity index (χ4v) is 1.12. The molecule has 0 aliphatic rings. The highest BCUT2D eigenvalue weighted by molar-refractivity contribution is 5.90. The molecular weight excluding hydrogens is 172 g/mol. The topological polar surface area (TPSA) is 66.8 Å². The molecule has 0 aliphatic heterocycles. The van der Waals surface area contributed by atoms with Crippen molar-refractivity contribution in [1.82, 2.24) is 0 Å². The maximum absolute atomic E-state index is 10.7. The highest BCUT2D eigenvalue weighted by Crippen LogP contribution is 2.21. The van der Waals surface area contributed by atoms with Gasteiger partial charge < -0.3 is 14.9 Å². The van der Waals surface area contributed by atoms with Crippen LogP contribution in [0.15, 0.2) is 18.2 Å². The molecule has 0 aromatic heterocycles. The van der Waals surface area contributed by atoms with Crippen LogP contribution in [-0.2, 0) is 6.61 Å². The number of hydrogen-bond acceptors (Lipinski definition) is 3. The van der Waals surface area contributed by atoms with Crippen molar-refractivity contribution in [1.29, 1.82) is 0 Å². The lowest BCUT2D eigenvalue weighted by Crippen LogP contribution is -2.04. The van der Waals surface area contributed by atoms with Crippen molar-refractivity contribution in [3.8, 4) is 5.75 Å². The highest BCUT2D eigenvalue weighted by atomic mass is 16.5. The number of rotatable bonds is 3. The fraction of sp³-hybridized carbons (Fsp3) is 0.222. The zero-order chi connectivity index (χ0) is 9.84. The van der Waals surface area contributed by atoms with E-state index in [0.717, 1.165) is 0 Å². The van der Waals surface area contributed by atoms with Gasteiger partial charge in [-0.2, -0.15) is 0 Å². The van der Waals surface area contributed by atoms with Gasteiger partial charge in [-0.25, -0.2) is 4.79 Å². The predicted molar refractivity (Wildman–Crippen MR) is 45.9 cm³/mol. The maximum atomic E-state index is 10.7. The Kier molecular flexibility index (Phi) is 2.87. The zero-order valence-electron chi connectivity index (χ0n) is 7.15. The summed E-state index contributed by atoms with van der Waals surface area (Å²) < 4.78 is 4.90. The molecule has 4 heteroatoms. The molecular formula is C9H10O4. The molecule has 0 heterocycles. The van der Waals surface area contributed by atoms with E-state index in [1.165, 1.54) is 13.2 Å². The van der Waals surface area contributed by atoms with Crippen LogP contribution in [0, 0.1) is 0 Å². The van der Waals surface area contributed by atoms with Gasteiger partial charge in [-0.05, 0) is 12.1 Å². The van der Waals surface area contributed by atoms with Crippen LogP contribution in [0.5, 0.6) is 5.75 Å². The van der Waals surface area contributed by atoms with Crippen LogP contribution < -0.4 is 4.74 Å². The third kappa shape index (κ3) is 1.78. The van der Waals surface area contributed by atoms with Gasteiger partial charge in [0.1, 0.15) is 5.75 Å². The summed E-state index contributed by atoms with van der Waals surface area (Å²) in [7, 11) is 1.43. The average molecular weight is 182 g/mol. The number of benzene rings is 1. The molecule has 1 aromatic carbocycles. The lowest BCUT2D eigenvalue weighted by Gasteiger charge is -2.08. The molecule has 70 valence electrons. The number of ether oxygens (including phenoxy) is 1. The molecule has 0 spiro atoms. The monoisotopic (exact) mass is 182 g/mol. The van der Waals surface area contributed by atoms with Crippen LogP contribution in [0.2, 0.25) is 0 Å². The summed E-state index contributed by atoms with van der Waals surface area (Å²) in [6.07, 6.45) is 0. The largest absolute Gasteiger partial charge is 0.496 e. The molecule has 0 saturated heterocycles. The minimum atomic E-state index is -1.07. The third-order valence-corrected chi connectivity index (χ3v) is 1.74. The number of aromatic carboxylic acids is 1. The Morgan fingerprint density at radius 3 is 2.69 bits per heavy atom. The molecule has 13 heavy (non-hydrogen) atoms. The lowest BCUT2D eigenvalue weighted by molar-refractivity contribution is 0.0692. The number of aliphatic hydroxyl groups excluding tert-OH is 1. The van der Waals surface area contributed by atoms with E-state index in [1.54, 1.807) is 12.1 Å². The summed E-state index contributed by atoms with van der Waals surface area (Å²) in [6.45, 7) is -0.342. The van der Waals surface area contributed by atoms with Crippen LogP contribution in [0.4, 0.5) is 0 Å². The second kappa shape index (κ2) is 3.91. The van der Waals surface area contributed by atoms with Gasteiger partial charge in [-0.1, -0.05) is 6.07 Å². The van der Waals surface area contributed by atoms with Crippen molar-refractivity contribution in [2.45, 2.75) is 6.61 Å². The summed E-state index contributed by atoms with van der Waals surface area (Å²) >= 11 is 0. The van der Waals surface area contributed by atoms with E-state index in [1.807, 2.05) is 0 Å². The number of hydrogen-bond donors (Lipinski definition) is 2. The van der Waals surface area contributed by atoms with Crippen molar-refractivity contribution < 1.29 is 19.7 Å². The smallest absolute Gasteiger partial charge is 0.336 e. The summed E-state index contributed by atoms with van der Waals surface area (Å²) in [5.41, 5.74) is 0.374. The molecule has 0 bridgehead atoms. The molecule has 0 aliphatic carbocycles. The van der Waals surface area contributed by atoms with E-state index in [0.29, 0.717) is 11.3 Å². The van der Waals surface area contributed by atoms with Crippen molar-refractivity contribution >= 4 is 5.97 Å². The van der Waals surface area contributed by atoms with E-state index in [2.05, 4.69) is 0 Å². The molecule has 0 fully saturated rings. The number of aliphatic hydroxyl groups is 1. The third-order valence-electron chi connectivity index (χ3n) is 1.74. The Hall–Kier alpha value is -1.55. The van der Waals surface area contributed by atoms with E-state index in [9.17, 15) is 4.79 Å². The number of carboxylic acids is 1. The van der Waals surface area contributed by atoms with Gasteiger partial charge in [0.15, 0.2) is 0 Å². The normalized spacial score (nSPS) is 9.69. The summed E-state index contributed by atoms with van der Waals surface area (Å²) in [5.74, 6) is -0.676. The van der Waals surface area contributed by atoms with Gasteiger partial charge in [0.05, 0.1) is 19.3 Å². The molecule has 1 aromatic rings. The van der Waals surface area contributed by atoms with Gasteiger partial charge in [0.2, 0.25) is 0 Å². The molecule has 0 radical (unpaired) electrons. The number of carboxylic acid groups (broad SMARTS) is 1. The van der Waals surface area contributed by atoms with E-state index < -0.39 is 5.97 Å². The lowest BCUT2D eigenvalue weighted by atomic mass is 10.1. The Morgan fingerprint density at radius 2 is 2.23 bits per heavy atom. The quantitative estimate of drug-likeness (QED) is 0.728. The van der Waals surface area contributed by atoms with Crippen molar-refractivity contribution in [3.63, 3.8) is 0 Å². The van der Waals surface area contributed by atoms with Gasteiger partial charge in [0, 0.05) is 5.56 Å². The van der Waals surface area contributed by atoms with Crippen LogP contribution in [0.3, 0.4) is 0 Å². The molecule has 0 unspecified atom stereocenters. The average Bonchev–Trinajstić information content (AvgIpc) is 2.16. The Bertz CT molecular complexity index is 319. The Balaban J connectivity index is 3.27. The van der Waals surface area contributed by atoms with E-state index >= 15 is 0 Å². The fourth-order valence-electron chi connectivity index (χ4n) is 1.12. The van der Waals surface area contributed by atoms with Gasteiger partial charge >= 0.3 is 5.97 Å². The first kappa shape index (κ1) is 9.54. The van der Waals surface area contributed by atoms with E-state index in [4.69, 9.17) is 14.9 Å². The molecule has 4 nitrogen and oxygen atoms in total. The Labute approximate surface area is 75.4 Å². The first-order chi connectivity index (χ1) is 6.20. The second-order valence-corrected chi connectivity index (χ2v) is 2.45. The van der Waals surface area contributed by atoms with Crippen LogP contribution in [0.25, 0.3) is 0 Å². The van der Waals surface area contributed by atoms with Gasteiger partial charge in [-0.3, -0.25) is 0 Å². The van der Waals surface area contributed by atoms with Gasteiger partial charge in [-0.15, -0.1) is 0 Å². The number of methoxy groups -OCH3 is 1. The SMILES string of the molecule is COc1cccc(C(=O)O)c1CO. The first-order valence-electron chi connectivity index (χ1n) is 3.70. The van der Waals surface area contributed by atoms with E-state index in [-0.39, 0.29) is 12.2 Å². The summed E-state index contributed by atoms with van der Waals surface area (Å²) in [5, 5.41) is 17.7. The van der Waals surface area contributed by atoms with Crippen molar-refractivity contribution in [2.75, 3.05) is 7.11 Å². The second-order valence-electron chi connectivity index (χ2n) is 2.45. The Morgan fingerprint density at radius 1 is 1.54 bits per heavy atom. The molecule has 0 amide bonds. The number of carbonyl (C=O) groups is 1. The van der Waals surface area contributed by atoms with Gasteiger partial charge in [0.25, 0.3) is 0 Å². The molecule has 2 N–H and O–H groups in total. The van der Waals surface area contributed by atoms with Crippen molar-refractivity contribution in [3.05, 3.63) is 29.3 Å². The molecule has 0 saturated carbocycles. The van der Waals surface area contributed by atoms with Crippen LogP contribution in [0.1, 0.15) is 15.9 Å². The first-order valence-corrected chi connectivity index (χ1v) is 3.70. The standard InChI is InChI=1S/C9H10O4/c1-13-8-4-2-3-6(9(11)12)7(8)5-10/h2-4,10H,5H2,1H3,(H,11,12). The summed E-state index contributed by atoms with van der Waals surface area (Å²) in [4.78, 5) is 10.7. The maximum Gasteiger partial charge on any atom is 0.336 e. The van der Waals surface area contributed by atoms with Crippen molar-refractivity contribution in [2.24, 2.45) is 0 Å². The summed E-state index contributed by atoms with van der Waals surface area (Å²) in [6, 6.07) is 4.61. The highest BCUT2D eigenvalue weighted by Gasteiger charge is 2.12. The predicted octanol–water partition coefficient (Wildman–Crippen LogP) is 0.886. The molecule has 1 rings (SSSR count). The molecule has 0 atom stereocenters. The van der Waals surface area contributed by atoms with Crippen LogP contribution in [-0.4, -0.2) is 23.3 Å². The zero-order valence-corrected chi connectivity index (χ0v) is 7.15. The van der Waals surface area contributed by atoms with Crippen LogP contribution >= 0.6 is 0 Å².